The van der Waals surface area contributed by atoms with E-state index in [0.717, 1.165) is 11.3 Å². The Kier molecular flexibility index (Phi) is 5.14. The Balaban J connectivity index is 1.95. The Labute approximate surface area is 142 Å². The van der Waals surface area contributed by atoms with Crippen molar-refractivity contribution in [1.29, 1.82) is 0 Å². The van der Waals surface area contributed by atoms with E-state index in [9.17, 15) is 4.57 Å². The van der Waals surface area contributed by atoms with Crippen LogP contribution in [0.25, 0.3) is 0 Å². The number of methoxy groups -OCH3 is 1. The molecule has 122 valence electrons. The maximum atomic E-state index is 13.7. The summed E-state index contributed by atoms with van der Waals surface area (Å²) in [6.45, 7) is 0.291. The Morgan fingerprint density at radius 1 is 0.750 bits per heavy atom. The first-order valence-corrected chi connectivity index (χ1v) is 9.33. The molecule has 3 nitrogen and oxygen atoms in total. The van der Waals surface area contributed by atoms with E-state index >= 15 is 0 Å². The highest BCUT2D eigenvalue weighted by atomic mass is 31.2. The summed E-state index contributed by atoms with van der Waals surface area (Å²) in [6, 6.07) is 26.3. The zero-order valence-electron chi connectivity index (χ0n) is 13.5. The van der Waals surface area contributed by atoms with E-state index in [-0.39, 0.29) is 0 Å². The van der Waals surface area contributed by atoms with Crippen LogP contribution in [-0.4, -0.2) is 7.11 Å². The molecule has 0 amide bonds. The molecule has 0 saturated carbocycles. The number of ether oxygens (including phenoxy) is 1. The number of rotatable bonds is 6. The van der Waals surface area contributed by atoms with Crippen molar-refractivity contribution in [3.63, 3.8) is 0 Å². The Morgan fingerprint density at radius 2 is 1.29 bits per heavy atom. The second kappa shape index (κ2) is 7.48. The van der Waals surface area contributed by atoms with Gasteiger partial charge in [0.2, 0.25) is 0 Å². The van der Waals surface area contributed by atoms with E-state index in [1.54, 1.807) is 31.4 Å². The van der Waals surface area contributed by atoms with Crippen molar-refractivity contribution in [2.24, 2.45) is 0 Å². The Morgan fingerprint density at radius 3 is 1.88 bits per heavy atom. The molecule has 3 rings (SSSR count). The highest BCUT2D eigenvalue weighted by Gasteiger charge is 2.28. The maximum Gasteiger partial charge on any atom is 0.261 e. The third-order valence-electron chi connectivity index (χ3n) is 3.76. The molecule has 0 fully saturated rings. The van der Waals surface area contributed by atoms with Gasteiger partial charge in [-0.05, 0) is 42.0 Å². The number of hydrogen-bond donors (Lipinski definition) is 0. The molecule has 0 heterocycles. The average molecular weight is 338 g/mol. The fourth-order valence-electron chi connectivity index (χ4n) is 2.44. The molecule has 0 aliphatic heterocycles. The summed E-state index contributed by atoms with van der Waals surface area (Å²) in [5.41, 5.74) is 0.988. The Hall–Kier alpha value is -2.35. The van der Waals surface area contributed by atoms with Crippen LogP contribution in [0.2, 0.25) is 0 Å². The van der Waals surface area contributed by atoms with Crippen molar-refractivity contribution in [2.45, 2.75) is 6.61 Å². The molecule has 0 bridgehead atoms. The van der Waals surface area contributed by atoms with Crippen molar-refractivity contribution >= 4 is 18.0 Å². The summed E-state index contributed by atoms with van der Waals surface area (Å²) >= 11 is 0. The lowest BCUT2D eigenvalue weighted by Crippen LogP contribution is -2.18. The van der Waals surface area contributed by atoms with Gasteiger partial charge >= 0.3 is 0 Å². The second-order valence-electron chi connectivity index (χ2n) is 5.34. The van der Waals surface area contributed by atoms with Crippen LogP contribution in [-0.2, 0) is 15.7 Å². The first-order valence-electron chi connectivity index (χ1n) is 7.71. The van der Waals surface area contributed by atoms with Crippen LogP contribution in [0.15, 0.2) is 84.9 Å². The second-order valence-corrected chi connectivity index (χ2v) is 7.74. The fraction of sp³-hybridized carbons (Fsp3) is 0.100. The van der Waals surface area contributed by atoms with Crippen molar-refractivity contribution in [1.82, 2.24) is 0 Å². The molecule has 24 heavy (non-hydrogen) atoms. The van der Waals surface area contributed by atoms with Gasteiger partial charge in [0.15, 0.2) is 0 Å². The summed E-state index contributed by atoms with van der Waals surface area (Å²) < 4.78 is 24.9. The SMILES string of the molecule is COc1ccc(P(=O)(OCc2ccccc2)c2ccccc2)cc1. The van der Waals surface area contributed by atoms with Crippen molar-refractivity contribution in [3.8, 4) is 5.75 Å². The van der Waals surface area contributed by atoms with Gasteiger partial charge in [-0.15, -0.1) is 0 Å². The smallest absolute Gasteiger partial charge is 0.261 e. The lowest BCUT2D eigenvalue weighted by Gasteiger charge is -2.20. The zero-order chi connectivity index (χ0) is 16.8. The molecule has 1 unspecified atom stereocenters. The molecular weight excluding hydrogens is 319 g/mol. The predicted molar refractivity (Wildman–Crippen MR) is 97.5 cm³/mol. The molecule has 3 aromatic carbocycles. The topological polar surface area (TPSA) is 35.5 Å². The molecule has 0 aliphatic carbocycles. The lowest BCUT2D eigenvalue weighted by atomic mass is 10.2. The van der Waals surface area contributed by atoms with Gasteiger partial charge in [0, 0.05) is 10.6 Å². The molecule has 0 saturated heterocycles. The van der Waals surface area contributed by atoms with Crippen molar-refractivity contribution in [3.05, 3.63) is 90.5 Å². The van der Waals surface area contributed by atoms with Crippen LogP contribution < -0.4 is 15.3 Å². The normalized spacial score (nSPS) is 13.2. The fourth-order valence-corrected chi connectivity index (χ4v) is 4.47. The Bertz CT molecular complexity index is 815. The van der Waals surface area contributed by atoms with Crippen LogP contribution >= 0.6 is 7.37 Å². The zero-order valence-corrected chi connectivity index (χ0v) is 14.4. The molecule has 0 N–H and O–H groups in total. The maximum absolute atomic E-state index is 13.7. The first-order chi connectivity index (χ1) is 11.7. The highest BCUT2D eigenvalue weighted by Crippen LogP contribution is 2.45. The van der Waals surface area contributed by atoms with E-state index in [4.69, 9.17) is 9.26 Å². The average Bonchev–Trinajstić information content (AvgIpc) is 2.68. The molecule has 0 aromatic heterocycles. The van der Waals surface area contributed by atoms with Gasteiger partial charge in [0.25, 0.3) is 7.37 Å². The summed E-state index contributed by atoms with van der Waals surface area (Å²) in [6.07, 6.45) is 0. The van der Waals surface area contributed by atoms with E-state index in [1.165, 1.54) is 0 Å². The summed E-state index contributed by atoms with van der Waals surface area (Å²) in [5.74, 6) is 0.724. The summed E-state index contributed by atoms with van der Waals surface area (Å²) in [7, 11) is -1.57. The summed E-state index contributed by atoms with van der Waals surface area (Å²) in [4.78, 5) is 0. The van der Waals surface area contributed by atoms with E-state index in [0.29, 0.717) is 17.2 Å². The van der Waals surface area contributed by atoms with Gasteiger partial charge in [-0.1, -0.05) is 48.5 Å². The van der Waals surface area contributed by atoms with Crippen LogP contribution in [0.1, 0.15) is 5.56 Å². The van der Waals surface area contributed by atoms with Gasteiger partial charge in [-0.25, -0.2) is 0 Å². The monoisotopic (exact) mass is 338 g/mol. The third kappa shape index (κ3) is 3.59. The predicted octanol–water partition coefficient (Wildman–Crippen LogP) is 4.14. The van der Waals surface area contributed by atoms with Crippen molar-refractivity contribution < 1.29 is 13.8 Å². The van der Waals surface area contributed by atoms with Crippen molar-refractivity contribution in [2.75, 3.05) is 7.11 Å². The third-order valence-corrected chi connectivity index (χ3v) is 6.21. The molecule has 0 spiro atoms. The van der Waals surface area contributed by atoms with E-state index in [1.807, 2.05) is 60.7 Å². The summed E-state index contributed by atoms with van der Waals surface area (Å²) in [5, 5.41) is 1.34. The van der Waals surface area contributed by atoms with E-state index < -0.39 is 7.37 Å². The van der Waals surface area contributed by atoms with Gasteiger partial charge in [0.05, 0.1) is 13.7 Å². The quantitative estimate of drug-likeness (QED) is 0.634. The van der Waals surface area contributed by atoms with Gasteiger partial charge in [-0.3, -0.25) is 4.57 Å². The molecular formula is C20H19O3P. The number of hydrogen-bond acceptors (Lipinski definition) is 3. The minimum atomic E-state index is -3.18. The van der Waals surface area contributed by atoms with Gasteiger partial charge in [-0.2, -0.15) is 0 Å². The lowest BCUT2D eigenvalue weighted by molar-refractivity contribution is 0.316. The largest absolute Gasteiger partial charge is 0.497 e. The minimum absolute atomic E-state index is 0.291. The molecule has 4 heteroatoms. The van der Waals surface area contributed by atoms with Crippen LogP contribution in [0.4, 0.5) is 0 Å². The van der Waals surface area contributed by atoms with Gasteiger partial charge in [0.1, 0.15) is 5.75 Å². The molecule has 1 atom stereocenters. The molecule has 0 aliphatic rings. The molecule has 0 radical (unpaired) electrons. The van der Waals surface area contributed by atoms with E-state index in [2.05, 4.69) is 0 Å². The minimum Gasteiger partial charge on any atom is -0.497 e. The van der Waals surface area contributed by atoms with Crippen LogP contribution in [0.3, 0.4) is 0 Å². The number of benzene rings is 3. The van der Waals surface area contributed by atoms with Gasteiger partial charge < -0.3 is 9.26 Å². The van der Waals surface area contributed by atoms with Crippen LogP contribution in [0.5, 0.6) is 5.75 Å². The molecule has 3 aromatic rings. The highest BCUT2D eigenvalue weighted by molar-refractivity contribution is 7.74. The first kappa shape index (κ1) is 16.5. The standard InChI is InChI=1S/C20H19O3P/c1-22-18-12-14-20(15-13-18)24(21,19-10-6-3-7-11-19)23-16-17-8-4-2-5-9-17/h2-15H,16H2,1H3. The van der Waals surface area contributed by atoms with Crippen LogP contribution in [0, 0.1) is 0 Å².